The first-order valence-corrected chi connectivity index (χ1v) is 9.35. The fourth-order valence-corrected chi connectivity index (χ4v) is 3.43. The first-order chi connectivity index (χ1) is 14.9. The number of hydrogen-bond donors (Lipinski definition) is 4. The quantitative estimate of drug-likeness (QED) is 0.337. The number of non-ortho nitro benzene ring substituents is 1. The molecule has 4 N–H and O–H groups in total. The molecular formula is C18H20N6O7. The second kappa shape index (κ2) is 8.29. The van der Waals surface area contributed by atoms with Crippen LogP contribution in [0.3, 0.4) is 0 Å². The molecule has 164 valence electrons. The molecule has 0 bridgehead atoms. The lowest BCUT2D eigenvalue weighted by molar-refractivity contribution is -0.384. The van der Waals surface area contributed by atoms with Crippen LogP contribution in [0.15, 0.2) is 30.6 Å². The fourth-order valence-electron chi connectivity index (χ4n) is 3.43. The lowest BCUT2D eigenvalue weighted by Crippen LogP contribution is -2.44. The van der Waals surface area contributed by atoms with Gasteiger partial charge in [0, 0.05) is 19.2 Å². The molecule has 0 aliphatic carbocycles. The number of rotatable bonds is 6. The summed E-state index contributed by atoms with van der Waals surface area (Å²) in [5.74, 6) is 0.0699. The van der Waals surface area contributed by atoms with Gasteiger partial charge in [0.1, 0.15) is 30.8 Å². The number of carbonyl (C=O) groups excluding carboxylic acids is 1. The highest BCUT2D eigenvalue weighted by atomic mass is 16.6. The minimum absolute atomic E-state index is 0.0173. The van der Waals surface area contributed by atoms with E-state index >= 15 is 0 Å². The van der Waals surface area contributed by atoms with Gasteiger partial charge in [0.2, 0.25) is 5.88 Å². The lowest BCUT2D eigenvalue weighted by Gasteiger charge is -2.26. The number of nitro groups is 1. The number of hydrogen-bond acceptors (Lipinski definition) is 11. The van der Waals surface area contributed by atoms with Gasteiger partial charge in [0.15, 0.2) is 18.1 Å². The molecule has 1 aromatic carbocycles. The Bertz CT molecular complexity index is 988. The van der Waals surface area contributed by atoms with Gasteiger partial charge >= 0.3 is 0 Å². The molecule has 0 radical (unpaired) electrons. The van der Waals surface area contributed by atoms with Crippen molar-refractivity contribution in [1.29, 1.82) is 0 Å². The van der Waals surface area contributed by atoms with Crippen molar-refractivity contribution in [3.05, 3.63) is 46.3 Å². The number of nitro benzene ring substituents is 1. The van der Waals surface area contributed by atoms with E-state index in [0.717, 1.165) is 0 Å². The second-order valence-corrected chi connectivity index (χ2v) is 6.94. The number of aliphatic hydroxyl groups is 2. The van der Waals surface area contributed by atoms with Crippen LogP contribution in [0.2, 0.25) is 0 Å². The van der Waals surface area contributed by atoms with E-state index in [0.29, 0.717) is 17.1 Å². The van der Waals surface area contributed by atoms with Crippen LogP contribution in [0, 0.1) is 10.1 Å². The smallest absolute Gasteiger partial charge is 0.269 e. The van der Waals surface area contributed by atoms with Gasteiger partial charge in [-0.05, 0) is 17.7 Å². The van der Waals surface area contributed by atoms with Crippen molar-refractivity contribution in [2.45, 2.75) is 31.1 Å². The maximum absolute atomic E-state index is 11.9. The highest BCUT2D eigenvalue weighted by molar-refractivity contribution is 5.82. The van der Waals surface area contributed by atoms with Crippen molar-refractivity contribution in [3.8, 4) is 5.88 Å². The summed E-state index contributed by atoms with van der Waals surface area (Å²) in [6, 6.07) is 5.94. The number of fused-ring (bicyclic) bond motifs is 1. The van der Waals surface area contributed by atoms with Crippen LogP contribution < -0.4 is 20.3 Å². The third-order valence-electron chi connectivity index (χ3n) is 5.06. The average Bonchev–Trinajstić information content (AvgIpc) is 3.33. The molecule has 1 aromatic heterocycles. The van der Waals surface area contributed by atoms with Gasteiger partial charge in [-0.25, -0.2) is 4.98 Å². The Morgan fingerprint density at radius 2 is 2.10 bits per heavy atom. The standard InChI is InChI=1S/C18H20N6O7/c1-19-16(27)14-12(25)13(26)18(31-14)23-8-22-11-15(23)20-7-21-17(11)30-6-9-2-4-10(5-3-9)24(28)29/h2-5,7,12-14,18,22,25-26H,6,8H2,1H3,(H,19,27)/t12-,13+,14-,18+/m0/s1. The maximum Gasteiger partial charge on any atom is 0.269 e. The van der Waals surface area contributed by atoms with E-state index in [9.17, 15) is 25.1 Å². The first kappa shape index (κ1) is 20.7. The first-order valence-electron chi connectivity index (χ1n) is 9.35. The Morgan fingerprint density at radius 3 is 2.77 bits per heavy atom. The largest absolute Gasteiger partial charge is 0.471 e. The van der Waals surface area contributed by atoms with Crippen LogP contribution in [0.1, 0.15) is 5.56 Å². The van der Waals surface area contributed by atoms with Crippen molar-refractivity contribution in [3.63, 3.8) is 0 Å². The van der Waals surface area contributed by atoms with E-state index < -0.39 is 35.4 Å². The predicted octanol–water partition coefficient (Wildman–Crippen LogP) is -0.654. The molecule has 3 heterocycles. The molecular weight excluding hydrogens is 412 g/mol. The number of aromatic nitrogens is 2. The molecule has 2 aliphatic rings. The van der Waals surface area contributed by atoms with Crippen molar-refractivity contribution >= 4 is 23.1 Å². The second-order valence-electron chi connectivity index (χ2n) is 6.94. The van der Waals surface area contributed by atoms with Crippen LogP contribution in [0.4, 0.5) is 17.2 Å². The van der Waals surface area contributed by atoms with Gasteiger partial charge < -0.3 is 35.2 Å². The Morgan fingerprint density at radius 1 is 1.35 bits per heavy atom. The zero-order valence-electron chi connectivity index (χ0n) is 16.3. The van der Waals surface area contributed by atoms with Crippen molar-refractivity contribution in [2.75, 3.05) is 23.9 Å². The molecule has 1 fully saturated rings. The normalized spacial score (nSPS) is 24.4. The lowest BCUT2D eigenvalue weighted by atomic mass is 10.1. The predicted molar refractivity (Wildman–Crippen MR) is 105 cm³/mol. The number of nitrogens with zero attached hydrogens (tertiary/aromatic N) is 4. The Labute approximate surface area is 175 Å². The van der Waals surface area contributed by atoms with Crippen LogP contribution in [0.25, 0.3) is 0 Å². The summed E-state index contributed by atoms with van der Waals surface area (Å²) in [6.07, 6.45) is -3.68. The van der Waals surface area contributed by atoms with Crippen molar-refractivity contribution in [1.82, 2.24) is 15.3 Å². The molecule has 2 aromatic rings. The van der Waals surface area contributed by atoms with E-state index in [1.807, 2.05) is 0 Å². The number of ether oxygens (including phenoxy) is 2. The fraction of sp³-hybridized carbons (Fsp3) is 0.389. The summed E-state index contributed by atoms with van der Waals surface area (Å²) in [5.41, 5.74) is 1.15. The van der Waals surface area contributed by atoms with E-state index in [-0.39, 0.29) is 24.8 Å². The molecule has 0 unspecified atom stereocenters. The van der Waals surface area contributed by atoms with E-state index in [1.165, 1.54) is 25.5 Å². The summed E-state index contributed by atoms with van der Waals surface area (Å²) < 4.78 is 11.3. The molecule has 0 spiro atoms. The number of carbonyl (C=O) groups is 1. The molecule has 0 saturated carbocycles. The van der Waals surface area contributed by atoms with Crippen LogP contribution >= 0.6 is 0 Å². The summed E-state index contributed by atoms with van der Waals surface area (Å²) in [7, 11) is 1.41. The van der Waals surface area contributed by atoms with Crippen molar-refractivity contribution < 1.29 is 29.4 Å². The molecule has 4 rings (SSSR count). The van der Waals surface area contributed by atoms with Gasteiger partial charge in [0.25, 0.3) is 11.6 Å². The summed E-state index contributed by atoms with van der Waals surface area (Å²) in [6.45, 7) is 0.292. The highest BCUT2D eigenvalue weighted by Crippen LogP contribution is 2.39. The zero-order chi connectivity index (χ0) is 22.1. The molecule has 13 nitrogen and oxygen atoms in total. The van der Waals surface area contributed by atoms with Gasteiger partial charge in [-0.3, -0.25) is 14.9 Å². The number of likely N-dealkylation sites (N-methyl/N-ethyl adjacent to an activating group) is 1. The van der Waals surface area contributed by atoms with Crippen LogP contribution in [-0.4, -0.2) is 69.3 Å². The summed E-state index contributed by atoms with van der Waals surface area (Å²) >= 11 is 0. The van der Waals surface area contributed by atoms with Crippen LogP contribution in [-0.2, 0) is 16.1 Å². The minimum Gasteiger partial charge on any atom is -0.471 e. The molecule has 1 saturated heterocycles. The summed E-state index contributed by atoms with van der Waals surface area (Å²) in [5, 5.41) is 36.8. The van der Waals surface area contributed by atoms with Gasteiger partial charge in [-0.1, -0.05) is 0 Å². The monoisotopic (exact) mass is 432 g/mol. The van der Waals surface area contributed by atoms with Crippen molar-refractivity contribution in [2.24, 2.45) is 0 Å². The Balaban J connectivity index is 1.49. The van der Waals surface area contributed by atoms with Gasteiger partial charge in [-0.15, -0.1) is 0 Å². The van der Waals surface area contributed by atoms with E-state index in [1.54, 1.807) is 17.0 Å². The molecule has 31 heavy (non-hydrogen) atoms. The number of anilines is 2. The third kappa shape index (κ3) is 3.81. The van der Waals surface area contributed by atoms with Gasteiger partial charge in [0.05, 0.1) is 11.6 Å². The third-order valence-corrected chi connectivity index (χ3v) is 5.06. The molecule has 4 atom stereocenters. The average molecular weight is 432 g/mol. The van der Waals surface area contributed by atoms with E-state index in [4.69, 9.17) is 9.47 Å². The number of benzene rings is 1. The number of aliphatic hydroxyl groups excluding tert-OH is 2. The Hall–Kier alpha value is -3.55. The topological polar surface area (TPSA) is 172 Å². The SMILES string of the molecule is CNC(=O)[C@H]1O[C@@H](N2CNc3c(OCc4ccc([N+](=O)[O-])cc4)ncnc32)[C@H](O)[C@@H]1O. The molecule has 1 amide bonds. The highest BCUT2D eigenvalue weighted by Gasteiger charge is 2.50. The maximum atomic E-state index is 11.9. The number of amides is 1. The summed E-state index contributed by atoms with van der Waals surface area (Å²) in [4.78, 5) is 32.0. The van der Waals surface area contributed by atoms with Crippen LogP contribution in [0.5, 0.6) is 5.88 Å². The minimum atomic E-state index is -1.39. The van der Waals surface area contributed by atoms with E-state index in [2.05, 4.69) is 20.6 Å². The zero-order valence-corrected chi connectivity index (χ0v) is 16.3. The molecule has 13 heteroatoms. The Kier molecular flexibility index (Phi) is 5.54. The molecule has 2 aliphatic heterocycles. The number of nitrogens with one attached hydrogen (secondary N) is 2. The van der Waals surface area contributed by atoms with Gasteiger partial charge in [-0.2, -0.15) is 4.98 Å².